The number of aliphatic hydroxyl groups is 1. The summed E-state index contributed by atoms with van der Waals surface area (Å²) in [5.74, 6) is 0.730. The Balaban J connectivity index is 1.95. The second kappa shape index (κ2) is 6.21. The Morgan fingerprint density at radius 2 is 2.26 bits per heavy atom. The van der Waals surface area contributed by atoms with Crippen LogP contribution < -0.4 is 4.90 Å². The first-order valence-electron chi connectivity index (χ1n) is 6.35. The lowest BCUT2D eigenvalue weighted by Crippen LogP contribution is -2.42. The summed E-state index contributed by atoms with van der Waals surface area (Å²) >= 11 is 5.78. The fourth-order valence-electron chi connectivity index (χ4n) is 1.97. The van der Waals surface area contributed by atoms with Crippen LogP contribution in [0.15, 0.2) is 18.3 Å². The molecule has 1 aliphatic rings. The van der Waals surface area contributed by atoms with E-state index in [0.29, 0.717) is 23.4 Å². The van der Waals surface area contributed by atoms with Crippen LogP contribution in [0.4, 0.5) is 5.82 Å². The topological polar surface area (TPSA) is 56.7 Å². The van der Waals surface area contributed by atoms with Gasteiger partial charge in [-0.2, -0.15) is 0 Å². The molecule has 6 heteroatoms. The molecule has 1 saturated carbocycles. The van der Waals surface area contributed by atoms with Gasteiger partial charge in [-0.25, -0.2) is 4.98 Å². The van der Waals surface area contributed by atoms with Crippen LogP contribution in [0.2, 0.25) is 5.02 Å². The van der Waals surface area contributed by atoms with Crippen molar-refractivity contribution in [2.45, 2.75) is 18.9 Å². The van der Waals surface area contributed by atoms with Gasteiger partial charge in [-0.3, -0.25) is 4.79 Å². The third-order valence-electron chi connectivity index (χ3n) is 3.12. The Bertz CT molecular complexity index is 434. The van der Waals surface area contributed by atoms with Crippen molar-refractivity contribution in [1.82, 2.24) is 9.88 Å². The number of pyridine rings is 1. The second-order valence-corrected chi connectivity index (χ2v) is 5.17. The number of rotatable bonds is 6. The molecule has 0 atom stereocenters. The number of likely N-dealkylation sites (N-methyl/N-ethyl adjacent to an activating group) is 1. The monoisotopic (exact) mass is 283 g/mol. The van der Waals surface area contributed by atoms with E-state index in [1.165, 1.54) is 0 Å². The number of amides is 1. The summed E-state index contributed by atoms with van der Waals surface area (Å²) in [6.07, 6.45) is 3.63. The van der Waals surface area contributed by atoms with Gasteiger partial charge in [0, 0.05) is 25.8 Å². The van der Waals surface area contributed by atoms with Crippen LogP contribution in [-0.4, -0.2) is 53.7 Å². The van der Waals surface area contributed by atoms with E-state index >= 15 is 0 Å². The van der Waals surface area contributed by atoms with Gasteiger partial charge in [0.15, 0.2) is 0 Å². The summed E-state index contributed by atoms with van der Waals surface area (Å²) in [5, 5.41) is 9.58. The summed E-state index contributed by atoms with van der Waals surface area (Å²) in [4.78, 5) is 19.9. The molecule has 0 unspecified atom stereocenters. The molecule has 5 nitrogen and oxygen atoms in total. The largest absolute Gasteiger partial charge is 0.395 e. The third kappa shape index (κ3) is 3.81. The molecule has 0 aliphatic heterocycles. The number of aromatic nitrogens is 1. The first-order valence-corrected chi connectivity index (χ1v) is 6.72. The van der Waals surface area contributed by atoms with Crippen molar-refractivity contribution in [2.24, 2.45) is 0 Å². The summed E-state index contributed by atoms with van der Waals surface area (Å²) < 4.78 is 0. The van der Waals surface area contributed by atoms with Gasteiger partial charge in [0.2, 0.25) is 5.91 Å². The van der Waals surface area contributed by atoms with Gasteiger partial charge in [0.25, 0.3) is 0 Å². The molecule has 1 N–H and O–H groups in total. The number of anilines is 1. The molecule has 0 bridgehead atoms. The maximum Gasteiger partial charge on any atom is 0.242 e. The van der Waals surface area contributed by atoms with Crippen molar-refractivity contribution >= 4 is 23.3 Å². The minimum absolute atomic E-state index is 0.00511. The highest BCUT2D eigenvalue weighted by atomic mass is 35.5. The molecule has 2 rings (SSSR count). The van der Waals surface area contributed by atoms with Gasteiger partial charge in [-0.05, 0) is 25.0 Å². The number of aliphatic hydroxyl groups excluding tert-OH is 1. The lowest BCUT2D eigenvalue weighted by atomic mass is 10.3. The van der Waals surface area contributed by atoms with E-state index in [1.807, 2.05) is 7.05 Å². The molecule has 0 spiro atoms. The Morgan fingerprint density at radius 1 is 1.53 bits per heavy atom. The highest BCUT2D eigenvalue weighted by molar-refractivity contribution is 6.30. The van der Waals surface area contributed by atoms with Crippen molar-refractivity contribution in [3.63, 3.8) is 0 Å². The fraction of sp³-hybridized carbons (Fsp3) is 0.538. The van der Waals surface area contributed by atoms with E-state index in [9.17, 15) is 4.79 Å². The number of nitrogens with zero attached hydrogens (tertiary/aromatic N) is 3. The number of carbonyl (C=O) groups is 1. The van der Waals surface area contributed by atoms with E-state index in [0.717, 1.165) is 12.8 Å². The molecule has 19 heavy (non-hydrogen) atoms. The molecule has 0 aromatic carbocycles. The first-order chi connectivity index (χ1) is 9.11. The Labute approximate surface area is 117 Å². The number of halogens is 1. The van der Waals surface area contributed by atoms with Gasteiger partial charge < -0.3 is 14.9 Å². The van der Waals surface area contributed by atoms with Crippen molar-refractivity contribution < 1.29 is 9.90 Å². The average molecular weight is 284 g/mol. The van der Waals surface area contributed by atoms with Gasteiger partial charge in [0.05, 0.1) is 18.2 Å². The van der Waals surface area contributed by atoms with Gasteiger partial charge in [-0.1, -0.05) is 11.6 Å². The highest BCUT2D eigenvalue weighted by Gasteiger charge is 2.32. The molecule has 1 aromatic heterocycles. The highest BCUT2D eigenvalue weighted by Crippen LogP contribution is 2.26. The first kappa shape index (κ1) is 14.1. The Morgan fingerprint density at radius 3 is 2.79 bits per heavy atom. The third-order valence-corrected chi connectivity index (χ3v) is 3.35. The van der Waals surface area contributed by atoms with Crippen LogP contribution in [0.3, 0.4) is 0 Å². The van der Waals surface area contributed by atoms with Gasteiger partial charge in [-0.15, -0.1) is 0 Å². The summed E-state index contributed by atoms with van der Waals surface area (Å²) in [7, 11) is 1.82. The van der Waals surface area contributed by atoms with E-state index in [1.54, 1.807) is 28.1 Å². The van der Waals surface area contributed by atoms with E-state index in [-0.39, 0.29) is 19.1 Å². The summed E-state index contributed by atoms with van der Waals surface area (Å²) in [5.41, 5.74) is 0. The minimum atomic E-state index is 0.00511. The van der Waals surface area contributed by atoms with E-state index < -0.39 is 0 Å². The van der Waals surface area contributed by atoms with E-state index in [2.05, 4.69) is 4.98 Å². The molecule has 0 radical (unpaired) electrons. The van der Waals surface area contributed by atoms with Crippen LogP contribution in [0.5, 0.6) is 0 Å². The van der Waals surface area contributed by atoms with Crippen molar-refractivity contribution in [1.29, 1.82) is 0 Å². The predicted molar refractivity (Wildman–Crippen MR) is 74.3 cm³/mol. The maximum atomic E-state index is 12.2. The molecule has 1 heterocycles. The maximum absolute atomic E-state index is 12.2. The Hall–Kier alpha value is -1.33. The van der Waals surface area contributed by atoms with E-state index in [4.69, 9.17) is 16.7 Å². The molecule has 1 amide bonds. The minimum Gasteiger partial charge on any atom is -0.395 e. The SMILES string of the molecule is CN(CC(=O)N(CCO)C1CC1)c1ccc(Cl)cn1. The summed E-state index contributed by atoms with van der Waals surface area (Å²) in [6.45, 7) is 0.668. The molecule has 1 fully saturated rings. The van der Waals surface area contributed by atoms with Crippen LogP contribution in [-0.2, 0) is 4.79 Å². The normalized spacial score (nSPS) is 14.3. The van der Waals surface area contributed by atoms with Crippen LogP contribution in [0.1, 0.15) is 12.8 Å². The zero-order valence-corrected chi connectivity index (χ0v) is 11.7. The molecule has 104 valence electrons. The van der Waals surface area contributed by atoms with Crippen molar-refractivity contribution in [2.75, 3.05) is 31.6 Å². The standard InChI is InChI=1S/C13H18ClN3O2/c1-16(12-5-2-10(14)8-15-12)9-13(19)17(6-7-18)11-3-4-11/h2,5,8,11,18H,3-4,6-7,9H2,1H3. The average Bonchev–Trinajstić information content (AvgIpc) is 3.20. The number of hydrogen-bond donors (Lipinski definition) is 1. The number of carbonyl (C=O) groups excluding carboxylic acids is 1. The zero-order chi connectivity index (χ0) is 13.8. The van der Waals surface area contributed by atoms with Crippen LogP contribution >= 0.6 is 11.6 Å². The zero-order valence-electron chi connectivity index (χ0n) is 10.9. The van der Waals surface area contributed by atoms with Crippen molar-refractivity contribution in [3.8, 4) is 0 Å². The smallest absolute Gasteiger partial charge is 0.242 e. The molecule has 1 aromatic rings. The van der Waals surface area contributed by atoms with Gasteiger partial charge >= 0.3 is 0 Å². The molecule has 1 aliphatic carbocycles. The quantitative estimate of drug-likeness (QED) is 0.851. The van der Waals surface area contributed by atoms with Crippen molar-refractivity contribution in [3.05, 3.63) is 23.4 Å². The molecular weight excluding hydrogens is 266 g/mol. The van der Waals surface area contributed by atoms with Crippen LogP contribution in [0, 0.1) is 0 Å². The molecular formula is C13H18ClN3O2. The lowest BCUT2D eigenvalue weighted by molar-refractivity contribution is -0.130. The molecule has 0 saturated heterocycles. The van der Waals surface area contributed by atoms with Gasteiger partial charge in [0.1, 0.15) is 5.82 Å². The fourth-order valence-corrected chi connectivity index (χ4v) is 2.09. The Kier molecular flexibility index (Phi) is 4.61. The predicted octanol–water partition coefficient (Wildman–Crippen LogP) is 1.15. The number of hydrogen-bond acceptors (Lipinski definition) is 4. The second-order valence-electron chi connectivity index (χ2n) is 4.73. The lowest BCUT2D eigenvalue weighted by Gasteiger charge is -2.25. The summed E-state index contributed by atoms with van der Waals surface area (Å²) in [6, 6.07) is 3.84. The van der Waals surface area contributed by atoms with Crippen LogP contribution in [0.25, 0.3) is 0 Å².